The first-order valence-corrected chi connectivity index (χ1v) is 9.39. The number of hydrogen-bond donors (Lipinski definition) is 1. The molecule has 2 aromatic rings. The summed E-state index contributed by atoms with van der Waals surface area (Å²) in [5.74, 6) is -0.341. The number of esters is 1. The lowest BCUT2D eigenvalue weighted by atomic mass is 10.4. The van der Waals surface area contributed by atoms with Crippen molar-refractivity contribution < 1.29 is 17.9 Å². The minimum Gasteiger partial charge on any atom is -0.456 e. The Labute approximate surface area is 150 Å². The highest BCUT2D eigenvalue weighted by Gasteiger charge is 2.23. The fourth-order valence-electron chi connectivity index (χ4n) is 1.94. The predicted octanol–water partition coefficient (Wildman–Crippen LogP) is 1.15. The van der Waals surface area contributed by atoms with E-state index in [-0.39, 0.29) is 11.5 Å². The summed E-state index contributed by atoms with van der Waals surface area (Å²) in [5, 5.41) is 11.5. The summed E-state index contributed by atoms with van der Waals surface area (Å²) in [5.41, 5.74) is 0. The van der Waals surface area contributed by atoms with E-state index in [1.54, 1.807) is 0 Å². The maximum Gasteiger partial charge on any atom is 0.324 e. The summed E-state index contributed by atoms with van der Waals surface area (Å²) in [7, 11) is -3.87. The van der Waals surface area contributed by atoms with Crippen LogP contribution in [-0.4, -0.2) is 40.6 Å². The molecule has 1 heterocycles. The normalized spacial score (nSPS) is 12.8. The number of nitrogens with one attached hydrogen (secondary N) is 1. The molecule has 0 aliphatic carbocycles. The van der Waals surface area contributed by atoms with E-state index in [0.29, 0.717) is 17.4 Å². The third-order valence-electron chi connectivity index (χ3n) is 3.19. The molecule has 0 unspecified atom stereocenters. The second-order valence-electron chi connectivity index (χ2n) is 5.22. The van der Waals surface area contributed by atoms with Gasteiger partial charge in [0.1, 0.15) is 6.04 Å². The molecule has 2 rings (SSSR count). The standard InChI is InChI=1S/C14H18ClN5O4S/c1-3-8-20-13(16-18-19-20)9-24-14(21)10(2)17-25(22,23)12-6-4-11(15)5-7-12/h4-7,10,17H,3,8-9H2,1-2H3/t10-/m0/s1. The molecule has 25 heavy (non-hydrogen) atoms. The highest BCUT2D eigenvalue weighted by Crippen LogP contribution is 2.14. The average molecular weight is 388 g/mol. The van der Waals surface area contributed by atoms with E-state index in [1.165, 1.54) is 35.9 Å². The van der Waals surface area contributed by atoms with Crippen LogP contribution in [0.5, 0.6) is 0 Å². The van der Waals surface area contributed by atoms with Crippen LogP contribution < -0.4 is 4.72 Å². The molecular formula is C14H18ClN5O4S. The number of tetrazole rings is 1. The van der Waals surface area contributed by atoms with Crippen molar-refractivity contribution in [1.29, 1.82) is 0 Å². The fourth-order valence-corrected chi connectivity index (χ4v) is 3.25. The number of carbonyl (C=O) groups is 1. The first kappa shape index (κ1) is 19.3. The fraction of sp³-hybridized carbons (Fsp3) is 0.429. The lowest BCUT2D eigenvalue weighted by molar-refractivity contribution is -0.146. The van der Waals surface area contributed by atoms with Crippen LogP contribution in [-0.2, 0) is 32.7 Å². The molecule has 0 amide bonds. The van der Waals surface area contributed by atoms with Crippen LogP contribution in [0.4, 0.5) is 0 Å². The number of aryl methyl sites for hydroxylation is 1. The molecule has 0 fully saturated rings. The van der Waals surface area contributed by atoms with Crippen LogP contribution in [0.2, 0.25) is 5.02 Å². The Hall–Kier alpha value is -2.04. The number of halogens is 1. The molecule has 1 aromatic heterocycles. The zero-order valence-electron chi connectivity index (χ0n) is 13.7. The lowest BCUT2D eigenvalue weighted by Crippen LogP contribution is -2.39. The zero-order valence-corrected chi connectivity index (χ0v) is 15.3. The van der Waals surface area contributed by atoms with Crippen LogP contribution >= 0.6 is 11.6 Å². The smallest absolute Gasteiger partial charge is 0.324 e. The van der Waals surface area contributed by atoms with E-state index >= 15 is 0 Å². The van der Waals surface area contributed by atoms with Crippen LogP contribution in [0, 0.1) is 0 Å². The van der Waals surface area contributed by atoms with Gasteiger partial charge >= 0.3 is 5.97 Å². The average Bonchev–Trinajstić information content (AvgIpc) is 3.00. The Morgan fingerprint density at radius 3 is 2.68 bits per heavy atom. The van der Waals surface area contributed by atoms with Gasteiger partial charge < -0.3 is 4.74 Å². The summed E-state index contributed by atoms with van der Waals surface area (Å²) in [6.45, 7) is 3.81. The molecule has 1 N–H and O–H groups in total. The van der Waals surface area contributed by atoms with E-state index in [0.717, 1.165) is 6.42 Å². The Morgan fingerprint density at radius 2 is 2.04 bits per heavy atom. The third kappa shape index (κ3) is 5.21. The summed E-state index contributed by atoms with van der Waals surface area (Å²) in [6, 6.07) is 4.53. The number of benzene rings is 1. The number of sulfonamides is 1. The Morgan fingerprint density at radius 1 is 1.36 bits per heavy atom. The molecule has 0 saturated heterocycles. The number of nitrogens with zero attached hydrogens (tertiary/aromatic N) is 4. The van der Waals surface area contributed by atoms with Crippen molar-refractivity contribution in [3.63, 3.8) is 0 Å². The van der Waals surface area contributed by atoms with Crippen LogP contribution in [0.15, 0.2) is 29.2 Å². The quantitative estimate of drug-likeness (QED) is 0.675. The zero-order chi connectivity index (χ0) is 18.4. The van der Waals surface area contributed by atoms with Crippen molar-refractivity contribution in [3.8, 4) is 0 Å². The van der Waals surface area contributed by atoms with Crippen molar-refractivity contribution in [2.45, 2.75) is 44.4 Å². The van der Waals surface area contributed by atoms with Gasteiger partial charge in [-0.1, -0.05) is 18.5 Å². The highest BCUT2D eigenvalue weighted by molar-refractivity contribution is 7.89. The molecule has 136 valence electrons. The van der Waals surface area contributed by atoms with Crippen molar-refractivity contribution >= 4 is 27.6 Å². The van der Waals surface area contributed by atoms with E-state index < -0.39 is 22.0 Å². The van der Waals surface area contributed by atoms with E-state index in [9.17, 15) is 13.2 Å². The van der Waals surface area contributed by atoms with Gasteiger partial charge in [-0.15, -0.1) is 5.10 Å². The maximum atomic E-state index is 12.2. The van der Waals surface area contributed by atoms with Gasteiger partial charge in [0.2, 0.25) is 10.0 Å². The van der Waals surface area contributed by atoms with Gasteiger partial charge in [-0.05, 0) is 48.0 Å². The molecule has 0 radical (unpaired) electrons. The molecule has 1 atom stereocenters. The number of carbonyl (C=O) groups excluding carboxylic acids is 1. The number of aromatic nitrogens is 4. The van der Waals surface area contributed by atoms with Crippen LogP contribution in [0.3, 0.4) is 0 Å². The Kier molecular flexibility index (Phi) is 6.45. The second-order valence-corrected chi connectivity index (χ2v) is 7.37. The molecule has 9 nitrogen and oxygen atoms in total. The van der Waals surface area contributed by atoms with Crippen molar-refractivity contribution in [3.05, 3.63) is 35.1 Å². The molecule has 0 aliphatic rings. The minimum absolute atomic E-state index is 0.00318. The van der Waals surface area contributed by atoms with E-state index in [4.69, 9.17) is 16.3 Å². The Balaban J connectivity index is 1.95. The van der Waals surface area contributed by atoms with E-state index in [2.05, 4.69) is 20.2 Å². The minimum atomic E-state index is -3.87. The van der Waals surface area contributed by atoms with Crippen molar-refractivity contribution in [2.75, 3.05) is 0 Å². The summed E-state index contributed by atoms with van der Waals surface area (Å²) >= 11 is 5.74. The van der Waals surface area contributed by atoms with Crippen molar-refractivity contribution in [1.82, 2.24) is 24.9 Å². The molecule has 0 bridgehead atoms. The summed E-state index contributed by atoms with van der Waals surface area (Å²) < 4.78 is 33.3. The van der Waals surface area contributed by atoms with Crippen LogP contribution in [0.25, 0.3) is 0 Å². The molecule has 11 heteroatoms. The van der Waals surface area contributed by atoms with Gasteiger partial charge in [-0.25, -0.2) is 13.1 Å². The topological polar surface area (TPSA) is 116 Å². The van der Waals surface area contributed by atoms with Crippen LogP contribution in [0.1, 0.15) is 26.1 Å². The molecule has 1 aromatic carbocycles. The summed E-state index contributed by atoms with van der Waals surface area (Å²) in [4.78, 5) is 12.0. The first-order valence-electron chi connectivity index (χ1n) is 7.53. The van der Waals surface area contributed by atoms with Gasteiger partial charge in [-0.2, -0.15) is 4.72 Å². The number of ether oxygens (including phenoxy) is 1. The Bertz CT molecular complexity index is 822. The number of hydrogen-bond acceptors (Lipinski definition) is 7. The van der Waals surface area contributed by atoms with Gasteiger partial charge in [0.15, 0.2) is 12.4 Å². The SMILES string of the molecule is CCCn1nnnc1COC(=O)[C@H](C)NS(=O)(=O)c1ccc(Cl)cc1. The number of rotatable bonds is 8. The lowest BCUT2D eigenvalue weighted by Gasteiger charge is -2.13. The predicted molar refractivity (Wildman–Crippen MR) is 89.1 cm³/mol. The molecular weight excluding hydrogens is 370 g/mol. The third-order valence-corrected chi connectivity index (χ3v) is 5.00. The first-order chi connectivity index (χ1) is 11.8. The largest absolute Gasteiger partial charge is 0.456 e. The molecule has 0 spiro atoms. The maximum absolute atomic E-state index is 12.2. The molecule has 0 aliphatic heterocycles. The highest BCUT2D eigenvalue weighted by atomic mass is 35.5. The second kappa shape index (κ2) is 8.37. The molecule has 0 saturated carbocycles. The van der Waals surface area contributed by atoms with E-state index in [1.807, 2.05) is 6.92 Å². The van der Waals surface area contributed by atoms with Crippen molar-refractivity contribution in [2.24, 2.45) is 0 Å². The monoisotopic (exact) mass is 387 g/mol. The summed E-state index contributed by atoms with van der Waals surface area (Å²) in [6.07, 6.45) is 0.823. The van der Waals surface area contributed by atoms with Gasteiger partial charge in [0.05, 0.1) is 4.90 Å². The van der Waals surface area contributed by atoms with Gasteiger partial charge in [-0.3, -0.25) is 4.79 Å². The van der Waals surface area contributed by atoms with Gasteiger partial charge in [0, 0.05) is 11.6 Å². The van der Waals surface area contributed by atoms with Gasteiger partial charge in [0.25, 0.3) is 0 Å².